The van der Waals surface area contributed by atoms with Crippen molar-refractivity contribution in [1.82, 2.24) is 14.7 Å². The van der Waals surface area contributed by atoms with Crippen LogP contribution in [0.25, 0.3) is 5.69 Å². The number of anilines is 1. The van der Waals surface area contributed by atoms with Crippen molar-refractivity contribution < 1.29 is 9.59 Å². The predicted octanol–water partition coefficient (Wildman–Crippen LogP) is 2.82. The fraction of sp³-hybridized carbons (Fsp3) is 0.190. The highest BCUT2D eigenvalue weighted by Gasteiger charge is 2.15. The Balaban J connectivity index is 1.54. The molecule has 1 N–H and O–H groups in total. The molecule has 138 valence electrons. The second-order valence-electron chi connectivity index (χ2n) is 6.47. The molecule has 0 spiro atoms. The third-order valence-electron chi connectivity index (χ3n) is 4.15. The highest BCUT2D eigenvalue weighted by Crippen LogP contribution is 2.10. The number of carbonyl (C=O) groups is 2. The van der Waals surface area contributed by atoms with Crippen LogP contribution in [0, 0.1) is 6.92 Å². The van der Waals surface area contributed by atoms with Gasteiger partial charge in [-0.25, -0.2) is 4.68 Å². The van der Waals surface area contributed by atoms with E-state index in [1.807, 2.05) is 67.7 Å². The Morgan fingerprint density at radius 1 is 1.07 bits per heavy atom. The monoisotopic (exact) mass is 362 g/mol. The Bertz CT molecular complexity index is 917. The van der Waals surface area contributed by atoms with Gasteiger partial charge in [0, 0.05) is 18.9 Å². The van der Waals surface area contributed by atoms with Crippen LogP contribution in [-0.4, -0.2) is 40.1 Å². The van der Waals surface area contributed by atoms with Crippen molar-refractivity contribution >= 4 is 17.5 Å². The molecule has 0 radical (unpaired) electrons. The Morgan fingerprint density at radius 2 is 1.78 bits per heavy atom. The Labute approximate surface area is 158 Å². The van der Waals surface area contributed by atoms with E-state index in [0.29, 0.717) is 0 Å². The maximum absolute atomic E-state index is 12.4. The van der Waals surface area contributed by atoms with Gasteiger partial charge in [0.15, 0.2) is 0 Å². The summed E-state index contributed by atoms with van der Waals surface area (Å²) < 4.78 is 1.73. The molecule has 0 aliphatic rings. The number of hydrogen-bond acceptors (Lipinski definition) is 3. The molecule has 2 amide bonds. The summed E-state index contributed by atoms with van der Waals surface area (Å²) in [5, 5.41) is 7.08. The zero-order chi connectivity index (χ0) is 19.2. The van der Waals surface area contributed by atoms with Crippen LogP contribution in [0.5, 0.6) is 0 Å². The molecule has 2 aromatic carbocycles. The summed E-state index contributed by atoms with van der Waals surface area (Å²) in [6.07, 6.45) is 3.69. The number of likely N-dealkylation sites (N-methyl/N-ethyl adjacent to an activating group) is 1. The molecule has 1 heterocycles. The minimum absolute atomic E-state index is 0.000464. The van der Waals surface area contributed by atoms with Crippen LogP contribution >= 0.6 is 0 Å². The lowest BCUT2D eigenvalue weighted by Gasteiger charge is -2.16. The molecule has 1 aromatic heterocycles. The van der Waals surface area contributed by atoms with Gasteiger partial charge in [0.25, 0.3) is 0 Å². The SMILES string of the molecule is Cc1ccc(NC(=O)CN(C)C(=O)Cc2cnn(-c3ccccc3)c2)cc1. The van der Waals surface area contributed by atoms with E-state index in [-0.39, 0.29) is 24.8 Å². The van der Waals surface area contributed by atoms with Crippen LogP contribution in [0.4, 0.5) is 5.69 Å². The molecule has 0 saturated heterocycles. The maximum atomic E-state index is 12.4. The Hall–Kier alpha value is -3.41. The molecule has 0 aliphatic heterocycles. The van der Waals surface area contributed by atoms with Crippen LogP contribution < -0.4 is 5.32 Å². The third-order valence-corrected chi connectivity index (χ3v) is 4.15. The average Bonchev–Trinajstić information content (AvgIpc) is 3.12. The van der Waals surface area contributed by atoms with Gasteiger partial charge in [-0.2, -0.15) is 5.10 Å². The van der Waals surface area contributed by atoms with Crippen LogP contribution in [0.15, 0.2) is 67.0 Å². The molecule has 3 aromatic rings. The number of para-hydroxylation sites is 1. The molecular weight excluding hydrogens is 340 g/mol. The van der Waals surface area contributed by atoms with Crippen LogP contribution in [0.3, 0.4) is 0 Å². The zero-order valence-corrected chi connectivity index (χ0v) is 15.4. The van der Waals surface area contributed by atoms with Crippen molar-refractivity contribution in [2.24, 2.45) is 0 Å². The third kappa shape index (κ3) is 5.04. The molecule has 27 heavy (non-hydrogen) atoms. The maximum Gasteiger partial charge on any atom is 0.243 e. The van der Waals surface area contributed by atoms with Crippen molar-refractivity contribution in [3.63, 3.8) is 0 Å². The quantitative estimate of drug-likeness (QED) is 0.733. The van der Waals surface area contributed by atoms with Gasteiger partial charge >= 0.3 is 0 Å². The highest BCUT2D eigenvalue weighted by atomic mass is 16.2. The molecule has 0 atom stereocenters. The van der Waals surface area contributed by atoms with E-state index < -0.39 is 0 Å². The number of benzene rings is 2. The van der Waals surface area contributed by atoms with Gasteiger partial charge in [0.05, 0.1) is 24.8 Å². The van der Waals surface area contributed by atoms with E-state index in [1.165, 1.54) is 4.90 Å². The Kier molecular flexibility index (Phi) is 5.66. The summed E-state index contributed by atoms with van der Waals surface area (Å²) in [6.45, 7) is 1.98. The second kappa shape index (κ2) is 8.31. The van der Waals surface area contributed by atoms with Gasteiger partial charge in [-0.3, -0.25) is 9.59 Å². The molecule has 0 aliphatic carbocycles. The summed E-state index contributed by atoms with van der Waals surface area (Å²) in [5.74, 6) is -0.364. The summed E-state index contributed by atoms with van der Waals surface area (Å²) >= 11 is 0. The van der Waals surface area contributed by atoms with Crippen LogP contribution in [-0.2, 0) is 16.0 Å². The first-order valence-corrected chi connectivity index (χ1v) is 8.71. The van der Waals surface area contributed by atoms with Crippen molar-refractivity contribution in [2.45, 2.75) is 13.3 Å². The topological polar surface area (TPSA) is 67.2 Å². The van der Waals surface area contributed by atoms with E-state index in [2.05, 4.69) is 10.4 Å². The Morgan fingerprint density at radius 3 is 2.48 bits per heavy atom. The molecule has 3 rings (SSSR count). The van der Waals surface area contributed by atoms with E-state index in [0.717, 1.165) is 22.5 Å². The lowest BCUT2D eigenvalue weighted by Crippen LogP contribution is -2.35. The molecule has 0 saturated carbocycles. The fourth-order valence-corrected chi connectivity index (χ4v) is 2.62. The molecule has 6 heteroatoms. The van der Waals surface area contributed by atoms with E-state index in [4.69, 9.17) is 0 Å². The number of nitrogens with one attached hydrogen (secondary N) is 1. The van der Waals surface area contributed by atoms with Gasteiger partial charge in [-0.05, 0) is 36.8 Å². The standard InChI is InChI=1S/C21H22N4O2/c1-16-8-10-18(11-9-16)23-20(26)15-24(2)21(27)12-17-13-22-25(14-17)19-6-4-3-5-7-19/h3-11,13-14H,12,15H2,1-2H3,(H,23,26). The summed E-state index contributed by atoms with van der Waals surface area (Å²) in [4.78, 5) is 26.0. The lowest BCUT2D eigenvalue weighted by molar-refractivity contribution is -0.132. The second-order valence-corrected chi connectivity index (χ2v) is 6.47. The summed E-state index contributed by atoms with van der Waals surface area (Å²) in [5.41, 5.74) is 3.57. The number of aromatic nitrogens is 2. The van der Waals surface area contributed by atoms with Crippen molar-refractivity contribution in [2.75, 3.05) is 18.9 Å². The van der Waals surface area contributed by atoms with E-state index in [1.54, 1.807) is 17.9 Å². The number of nitrogens with zero attached hydrogens (tertiary/aromatic N) is 3. The number of hydrogen-bond donors (Lipinski definition) is 1. The van der Waals surface area contributed by atoms with Gasteiger partial charge in [0.1, 0.15) is 0 Å². The largest absolute Gasteiger partial charge is 0.336 e. The predicted molar refractivity (Wildman–Crippen MR) is 105 cm³/mol. The van der Waals surface area contributed by atoms with Crippen molar-refractivity contribution in [3.8, 4) is 5.69 Å². The first-order chi connectivity index (χ1) is 13.0. The zero-order valence-electron chi connectivity index (χ0n) is 15.4. The minimum atomic E-state index is -0.227. The number of rotatable bonds is 6. The van der Waals surface area contributed by atoms with Gasteiger partial charge in [-0.1, -0.05) is 35.9 Å². The van der Waals surface area contributed by atoms with Crippen LogP contribution in [0.1, 0.15) is 11.1 Å². The molecule has 0 fully saturated rings. The van der Waals surface area contributed by atoms with Crippen LogP contribution in [0.2, 0.25) is 0 Å². The van der Waals surface area contributed by atoms with Crippen molar-refractivity contribution in [3.05, 3.63) is 78.1 Å². The first kappa shape index (κ1) is 18.4. The number of amides is 2. The first-order valence-electron chi connectivity index (χ1n) is 8.71. The molecular formula is C21H22N4O2. The number of carbonyl (C=O) groups excluding carboxylic acids is 2. The smallest absolute Gasteiger partial charge is 0.243 e. The molecule has 0 bridgehead atoms. The average molecular weight is 362 g/mol. The molecule has 0 unspecified atom stereocenters. The van der Waals surface area contributed by atoms with Gasteiger partial charge < -0.3 is 10.2 Å². The highest BCUT2D eigenvalue weighted by molar-refractivity contribution is 5.94. The summed E-state index contributed by atoms with van der Waals surface area (Å²) in [7, 11) is 1.62. The number of aryl methyl sites for hydroxylation is 1. The van der Waals surface area contributed by atoms with Gasteiger partial charge in [0.2, 0.25) is 11.8 Å². The normalized spacial score (nSPS) is 10.4. The van der Waals surface area contributed by atoms with E-state index >= 15 is 0 Å². The van der Waals surface area contributed by atoms with Crippen molar-refractivity contribution in [1.29, 1.82) is 0 Å². The molecule has 6 nitrogen and oxygen atoms in total. The minimum Gasteiger partial charge on any atom is -0.336 e. The van der Waals surface area contributed by atoms with Gasteiger partial charge in [-0.15, -0.1) is 0 Å². The lowest BCUT2D eigenvalue weighted by atomic mass is 10.2. The van der Waals surface area contributed by atoms with E-state index in [9.17, 15) is 9.59 Å². The fourth-order valence-electron chi connectivity index (χ4n) is 2.62. The summed E-state index contributed by atoms with van der Waals surface area (Å²) in [6, 6.07) is 17.2.